The number of anilines is 2. The van der Waals surface area contributed by atoms with Gasteiger partial charge in [-0.1, -0.05) is 12.1 Å². The normalized spacial score (nSPS) is 16.9. The number of fused-ring (bicyclic) bond motifs is 1. The molecule has 0 radical (unpaired) electrons. The van der Waals surface area contributed by atoms with E-state index in [1.807, 2.05) is 11.8 Å². The van der Waals surface area contributed by atoms with Crippen molar-refractivity contribution in [2.45, 2.75) is 26.3 Å². The molecule has 0 saturated carbocycles. The lowest BCUT2D eigenvalue weighted by atomic mass is 10.0. The van der Waals surface area contributed by atoms with Gasteiger partial charge >= 0.3 is 0 Å². The van der Waals surface area contributed by atoms with E-state index in [0.29, 0.717) is 54.1 Å². The van der Waals surface area contributed by atoms with Gasteiger partial charge in [0.25, 0.3) is 11.8 Å². The van der Waals surface area contributed by atoms with Crippen LogP contribution in [0.15, 0.2) is 53.9 Å². The second-order valence-electron chi connectivity index (χ2n) is 8.57. The fourth-order valence-electron chi connectivity index (χ4n) is 4.52. The maximum atomic E-state index is 13.3. The average Bonchev–Trinajstić information content (AvgIpc) is 3.45. The lowest BCUT2D eigenvalue weighted by Gasteiger charge is -2.28. The van der Waals surface area contributed by atoms with Crippen LogP contribution in [0.25, 0.3) is 0 Å². The Bertz CT molecular complexity index is 1380. The van der Waals surface area contributed by atoms with Crippen LogP contribution in [-0.4, -0.2) is 44.0 Å². The van der Waals surface area contributed by atoms with E-state index in [1.54, 1.807) is 53.8 Å². The predicted octanol–water partition coefficient (Wildman–Crippen LogP) is 4.05. The third-order valence-corrected chi connectivity index (χ3v) is 9.30. The Labute approximate surface area is 203 Å². The van der Waals surface area contributed by atoms with Crippen LogP contribution < -0.4 is 9.62 Å². The number of sulfonamides is 1. The number of thiophene rings is 1. The van der Waals surface area contributed by atoms with E-state index in [-0.39, 0.29) is 17.6 Å². The number of benzene rings is 2. The minimum atomic E-state index is -3.33. The monoisotopic (exact) mass is 495 g/mol. The van der Waals surface area contributed by atoms with Gasteiger partial charge in [-0.3, -0.25) is 13.9 Å². The molecule has 9 heteroatoms. The largest absolute Gasteiger partial charge is 0.334 e. The molecule has 0 unspecified atom stereocenters. The van der Waals surface area contributed by atoms with Gasteiger partial charge in [-0.05, 0) is 72.7 Å². The summed E-state index contributed by atoms with van der Waals surface area (Å²) in [6.45, 7) is 3.52. The van der Waals surface area contributed by atoms with Gasteiger partial charge in [-0.15, -0.1) is 11.3 Å². The molecule has 34 heavy (non-hydrogen) atoms. The highest BCUT2D eigenvalue weighted by Gasteiger charge is 2.29. The second kappa shape index (κ2) is 8.88. The molecule has 2 aliphatic rings. The standard InChI is InChI=1S/C25H25N3O4S2/c1-17-21(25(30)27-12-9-23-19(16-27)10-13-33-23)7-3-8-22(17)26-24(29)18-5-2-6-20(15-18)28-11-4-14-34(28,31)32/h2-3,5-8,10,13,15H,4,9,11-12,14,16H2,1H3,(H,26,29). The topological polar surface area (TPSA) is 86.8 Å². The first-order valence-corrected chi connectivity index (χ1v) is 13.7. The summed E-state index contributed by atoms with van der Waals surface area (Å²) >= 11 is 1.73. The van der Waals surface area contributed by atoms with Crippen molar-refractivity contribution in [3.05, 3.63) is 81.0 Å². The van der Waals surface area contributed by atoms with Crippen LogP contribution in [0.5, 0.6) is 0 Å². The molecule has 3 aromatic rings. The minimum absolute atomic E-state index is 0.0494. The molecule has 1 fully saturated rings. The van der Waals surface area contributed by atoms with Crippen molar-refractivity contribution < 1.29 is 18.0 Å². The van der Waals surface area contributed by atoms with Crippen LogP contribution in [-0.2, 0) is 23.0 Å². The summed E-state index contributed by atoms with van der Waals surface area (Å²) in [4.78, 5) is 29.5. The highest BCUT2D eigenvalue weighted by atomic mass is 32.2. The lowest BCUT2D eigenvalue weighted by Crippen LogP contribution is -2.35. The molecule has 3 heterocycles. The summed E-state index contributed by atoms with van der Waals surface area (Å²) in [7, 11) is -3.33. The second-order valence-corrected chi connectivity index (χ2v) is 11.6. The Hall–Kier alpha value is -3.17. The van der Waals surface area contributed by atoms with Gasteiger partial charge in [-0.25, -0.2) is 8.42 Å². The first-order chi connectivity index (χ1) is 16.3. The molecular weight excluding hydrogens is 470 g/mol. The highest BCUT2D eigenvalue weighted by Crippen LogP contribution is 2.28. The fourth-order valence-corrected chi connectivity index (χ4v) is 6.97. The molecule has 2 amide bonds. The van der Waals surface area contributed by atoms with Gasteiger partial charge in [0.05, 0.1) is 11.4 Å². The van der Waals surface area contributed by atoms with Crippen molar-refractivity contribution in [2.75, 3.05) is 28.5 Å². The Balaban J connectivity index is 1.35. The van der Waals surface area contributed by atoms with E-state index in [4.69, 9.17) is 0 Å². The summed E-state index contributed by atoms with van der Waals surface area (Å²) in [5.41, 5.74) is 3.87. The minimum Gasteiger partial charge on any atom is -0.334 e. The quantitative estimate of drug-likeness (QED) is 0.592. The molecule has 0 spiro atoms. The van der Waals surface area contributed by atoms with Gasteiger partial charge in [-0.2, -0.15) is 0 Å². The van der Waals surface area contributed by atoms with E-state index in [2.05, 4.69) is 16.8 Å². The smallest absolute Gasteiger partial charge is 0.255 e. The van der Waals surface area contributed by atoms with E-state index in [1.165, 1.54) is 14.7 Å². The molecule has 2 aliphatic heterocycles. The molecular formula is C25H25N3O4S2. The predicted molar refractivity (Wildman–Crippen MR) is 134 cm³/mol. The van der Waals surface area contributed by atoms with Gasteiger partial charge in [0.2, 0.25) is 10.0 Å². The molecule has 1 saturated heterocycles. The Kier molecular flexibility index (Phi) is 5.91. The lowest BCUT2D eigenvalue weighted by molar-refractivity contribution is 0.0735. The van der Waals surface area contributed by atoms with Crippen LogP contribution in [0.2, 0.25) is 0 Å². The first kappa shape index (κ1) is 22.6. The van der Waals surface area contributed by atoms with Crippen LogP contribution >= 0.6 is 11.3 Å². The van der Waals surface area contributed by atoms with Crippen LogP contribution in [0.4, 0.5) is 11.4 Å². The number of hydrogen-bond donors (Lipinski definition) is 1. The molecule has 0 bridgehead atoms. The number of rotatable bonds is 4. The summed E-state index contributed by atoms with van der Waals surface area (Å²) < 4.78 is 25.9. The first-order valence-electron chi connectivity index (χ1n) is 11.2. The van der Waals surface area contributed by atoms with Crippen molar-refractivity contribution in [1.82, 2.24) is 4.90 Å². The van der Waals surface area contributed by atoms with Gasteiger partial charge in [0.1, 0.15) is 0 Å². The Morgan fingerprint density at radius 3 is 2.68 bits per heavy atom. The number of carbonyl (C=O) groups excluding carboxylic acids is 2. The van der Waals surface area contributed by atoms with Gasteiger partial charge < -0.3 is 10.2 Å². The molecule has 7 nitrogen and oxygen atoms in total. The van der Waals surface area contributed by atoms with Crippen molar-refractivity contribution in [2.24, 2.45) is 0 Å². The maximum Gasteiger partial charge on any atom is 0.255 e. The molecule has 0 atom stereocenters. The van der Waals surface area contributed by atoms with Crippen LogP contribution in [0, 0.1) is 6.92 Å². The van der Waals surface area contributed by atoms with E-state index < -0.39 is 10.0 Å². The van der Waals surface area contributed by atoms with Crippen molar-refractivity contribution in [1.29, 1.82) is 0 Å². The van der Waals surface area contributed by atoms with Gasteiger partial charge in [0.15, 0.2) is 0 Å². The molecule has 176 valence electrons. The molecule has 0 aliphatic carbocycles. The maximum absolute atomic E-state index is 13.3. The summed E-state index contributed by atoms with van der Waals surface area (Å²) in [5, 5.41) is 4.96. The number of amides is 2. The number of nitrogens with zero attached hydrogens (tertiary/aromatic N) is 2. The zero-order valence-corrected chi connectivity index (χ0v) is 20.4. The third-order valence-electron chi connectivity index (χ3n) is 6.40. The molecule has 1 N–H and O–H groups in total. The third kappa shape index (κ3) is 4.21. The molecule has 1 aromatic heterocycles. The van der Waals surface area contributed by atoms with Crippen molar-refractivity contribution >= 4 is 44.5 Å². The van der Waals surface area contributed by atoms with Crippen LogP contribution in [0.1, 0.15) is 43.1 Å². The Morgan fingerprint density at radius 2 is 1.88 bits per heavy atom. The van der Waals surface area contributed by atoms with Gasteiger partial charge in [0, 0.05) is 41.3 Å². The SMILES string of the molecule is Cc1c(NC(=O)c2cccc(N3CCCS3(=O)=O)c2)cccc1C(=O)N1CCc2sccc2C1. The summed E-state index contributed by atoms with van der Waals surface area (Å²) in [6.07, 6.45) is 1.43. The Morgan fingerprint density at radius 1 is 1.06 bits per heavy atom. The number of hydrogen-bond acceptors (Lipinski definition) is 5. The number of nitrogens with one attached hydrogen (secondary N) is 1. The molecule has 2 aromatic carbocycles. The van der Waals surface area contributed by atoms with Crippen LogP contribution in [0.3, 0.4) is 0 Å². The molecule has 5 rings (SSSR count). The summed E-state index contributed by atoms with van der Waals surface area (Å²) in [5.74, 6) is -0.285. The fraction of sp³-hybridized carbons (Fsp3) is 0.280. The van der Waals surface area contributed by atoms with E-state index in [9.17, 15) is 18.0 Å². The van der Waals surface area contributed by atoms with Crippen molar-refractivity contribution in [3.63, 3.8) is 0 Å². The number of carbonyl (C=O) groups is 2. The van der Waals surface area contributed by atoms with E-state index >= 15 is 0 Å². The zero-order valence-electron chi connectivity index (χ0n) is 18.8. The highest BCUT2D eigenvalue weighted by molar-refractivity contribution is 7.93. The zero-order chi connectivity index (χ0) is 23.9. The average molecular weight is 496 g/mol. The van der Waals surface area contributed by atoms with E-state index in [0.717, 1.165) is 6.42 Å². The summed E-state index contributed by atoms with van der Waals surface area (Å²) in [6, 6.07) is 14.0. The van der Waals surface area contributed by atoms with Crippen molar-refractivity contribution in [3.8, 4) is 0 Å².